The zero-order valence-electron chi connectivity index (χ0n) is 11.2. The van der Waals surface area contributed by atoms with Crippen LogP contribution in [0.2, 0.25) is 0 Å². The average Bonchev–Trinajstić information content (AvgIpc) is 2.81. The fraction of sp³-hybridized carbons (Fsp3) is 0.600. The lowest BCUT2D eigenvalue weighted by Crippen LogP contribution is -2.24. The summed E-state index contributed by atoms with van der Waals surface area (Å²) in [5.41, 5.74) is 2.44. The molecule has 18 heavy (non-hydrogen) atoms. The van der Waals surface area contributed by atoms with Crippen molar-refractivity contribution in [2.24, 2.45) is 5.92 Å². The van der Waals surface area contributed by atoms with Crippen LogP contribution in [0.25, 0.3) is 0 Å². The van der Waals surface area contributed by atoms with E-state index in [4.69, 9.17) is 4.74 Å². The number of methoxy groups -OCH3 is 1. The quantitative estimate of drug-likeness (QED) is 0.859. The smallest absolute Gasteiger partial charge is 0.0744 e. The van der Waals surface area contributed by atoms with Gasteiger partial charge in [-0.15, -0.1) is 0 Å². The first-order chi connectivity index (χ1) is 8.76. The van der Waals surface area contributed by atoms with E-state index >= 15 is 0 Å². The summed E-state index contributed by atoms with van der Waals surface area (Å²) < 4.78 is 6.42. The third-order valence-electron chi connectivity index (χ3n) is 3.93. The highest BCUT2D eigenvalue weighted by Gasteiger charge is 2.26. The molecule has 0 aliphatic heterocycles. The van der Waals surface area contributed by atoms with Crippen LogP contribution in [0.15, 0.2) is 22.7 Å². The van der Waals surface area contributed by atoms with Crippen LogP contribution in [0.1, 0.15) is 38.2 Å². The van der Waals surface area contributed by atoms with Gasteiger partial charge in [0.25, 0.3) is 0 Å². The lowest BCUT2D eigenvalue weighted by Gasteiger charge is -2.23. The summed E-state index contributed by atoms with van der Waals surface area (Å²) in [5, 5.41) is 3.73. The van der Waals surface area contributed by atoms with Gasteiger partial charge in [-0.3, -0.25) is 0 Å². The molecule has 2 unspecified atom stereocenters. The predicted octanol–water partition coefficient (Wildman–Crippen LogP) is 4.59. The minimum Gasteiger partial charge on any atom is -0.382 e. The van der Waals surface area contributed by atoms with Crippen LogP contribution in [0.5, 0.6) is 0 Å². The topological polar surface area (TPSA) is 21.3 Å². The minimum absolute atomic E-state index is 0.625. The van der Waals surface area contributed by atoms with Gasteiger partial charge in [0.15, 0.2) is 0 Å². The number of rotatable bonds is 5. The second-order valence-corrected chi connectivity index (χ2v) is 5.90. The van der Waals surface area contributed by atoms with E-state index in [1.165, 1.54) is 36.9 Å². The van der Waals surface area contributed by atoms with E-state index in [0.717, 1.165) is 10.4 Å². The molecule has 1 saturated carbocycles. The summed E-state index contributed by atoms with van der Waals surface area (Å²) >= 11 is 3.61. The summed E-state index contributed by atoms with van der Waals surface area (Å²) in [6, 6.07) is 6.94. The van der Waals surface area contributed by atoms with Crippen LogP contribution >= 0.6 is 15.9 Å². The molecule has 100 valence electrons. The van der Waals surface area contributed by atoms with E-state index in [2.05, 4.69) is 46.4 Å². The SMILES string of the molecule is CCC1CCCC1Nc1cccc(Br)c1COC. The van der Waals surface area contributed by atoms with Crippen molar-refractivity contribution in [1.82, 2.24) is 0 Å². The minimum atomic E-state index is 0.625. The first-order valence-corrected chi connectivity index (χ1v) is 7.58. The summed E-state index contributed by atoms with van der Waals surface area (Å²) in [6.45, 7) is 2.94. The van der Waals surface area contributed by atoms with E-state index < -0.39 is 0 Å². The van der Waals surface area contributed by atoms with Gasteiger partial charge in [-0.05, 0) is 30.9 Å². The summed E-state index contributed by atoms with van der Waals surface area (Å²) in [7, 11) is 1.74. The van der Waals surface area contributed by atoms with Crippen molar-refractivity contribution in [3.63, 3.8) is 0 Å². The summed E-state index contributed by atoms with van der Waals surface area (Å²) in [4.78, 5) is 0. The van der Waals surface area contributed by atoms with Crippen molar-refractivity contribution in [3.05, 3.63) is 28.2 Å². The first-order valence-electron chi connectivity index (χ1n) is 6.79. The molecule has 2 nitrogen and oxygen atoms in total. The molecular weight excluding hydrogens is 290 g/mol. The molecule has 0 bridgehead atoms. The Balaban J connectivity index is 2.15. The normalized spacial score (nSPS) is 23.3. The molecule has 0 spiro atoms. The summed E-state index contributed by atoms with van der Waals surface area (Å²) in [5.74, 6) is 0.819. The highest BCUT2D eigenvalue weighted by Crippen LogP contribution is 2.33. The van der Waals surface area contributed by atoms with Crippen LogP contribution in [0, 0.1) is 5.92 Å². The molecule has 0 aromatic heterocycles. The van der Waals surface area contributed by atoms with Crippen molar-refractivity contribution in [1.29, 1.82) is 0 Å². The number of halogens is 1. The number of benzene rings is 1. The molecule has 1 aliphatic rings. The molecule has 1 aromatic carbocycles. The van der Waals surface area contributed by atoms with Gasteiger partial charge in [-0.2, -0.15) is 0 Å². The van der Waals surface area contributed by atoms with Crippen LogP contribution in [-0.4, -0.2) is 13.2 Å². The van der Waals surface area contributed by atoms with Crippen molar-refractivity contribution >= 4 is 21.6 Å². The van der Waals surface area contributed by atoms with Crippen molar-refractivity contribution in [3.8, 4) is 0 Å². The Labute approximate surface area is 118 Å². The third kappa shape index (κ3) is 3.07. The number of hydrogen-bond acceptors (Lipinski definition) is 2. The van der Waals surface area contributed by atoms with E-state index in [1.807, 2.05) is 0 Å². The van der Waals surface area contributed by atoms with Crippen molar-refractivity contribution in [2.75, 3.05) is 12.4 Å². The molecule has 0 heterocycles. The van der Waals surface area contributed by atoms with Crippen molar-refractivity contribution < 1.29 is 4.74 Å². The maximum Gasteiger partial charge on any atom is 0.0744 e. The van der Waals surface area contributed by atoms with Gasteiger partial charge in [0.1, 0.15) is 0 Å². The zero-order chi connectivity index (χ0) is 13.0. The van der Waals surface area contributed by atoms with E-state index in [1.54, 1.807) is 7.11 Å². The van der Waals surface area contributed by atoms with Gasteiger partial charge in [0, 0.05) is 28.9 Å². The number of ether oxygens (including phenoxy) is 1. The number of anilines is 1. The molecule has 1 aromatic rings. The Bertz CT molecular complexity index is 394. The molecule has 0 amide bonds. The first kappa shape index (κ1) is 13.9. The van der Waals surface area contributed by atoms with Gasteiger partial charge in [0.05, 0.1) is 6.61 Å². The maximum absolute atomic E-state index is 5.30. The largest absolute Gasteiger partial charge is 0.382 e. The van der Waals surface area contributed by atoms with Gasteiger partial charge in [0.2, 0.25) is 0 Å². The Kier molecular flexibility index (Phi) is 5.07. The highest BCUT2D eigenvalue weighted by atomic mass is 79.9. The van der Waals surface area contributed by atoms with Crippen LogP contribution in [0.3, 0.4) is 0 Å². The van der Waals surface area contributed by atoms with Crippen LogP contribution < -0.4 is 5.32 Å². The molecule has 0 radical (unpaired) electrons. The average molecular weight is 312 g/mol. The second-order valence-electron chi connectivity index (χ2n) is 5.05. The fourth-order valence-electron chi connectivity index (χ4n) is 2.90. The van der Waals surface area contributed by atoms with Gasteiger partial charge in [-0.25, -0.2) is 0 Å². The van der Waals surface area contributed by atoms with Gasteiger partial charge >= 0.3 is 0 Å². The molecule has 1 N–H and O–H groups in total. The highest BCUT2D eigenvalue weighted by molar-refractivity contribution is 9.10. The maximum atomic E-state index is 5.30. The molecular formula is C15H22BrNO. The van der Waals surface area contributed by atoms with Gasteiger partial charge < -0.3 is 10.1 Å². The molecule has 1 aliphatic carbocycles. The van der Waals surface area contributed by atoms with E-state index in [9.17, 15) is 0 Å². The lowest BCUT2D eigenvalue weighted by molar-refractivity contribution is 0.185. The lowest BCUT2D eigenvalue weighted by atomic mass is 10.00. The Morgan fingerprint density at radius 1 is 1.39 bits per heavy atom. The Morgan fingerprint density at radius 2 is 2.22 bits per heavy atom. The second kappa shape index (κ2) is 6.58. The molecule has 2 rings (SSSR count). The van der Waals surface area contributed by atoms with Crippen LogP contribution in [-0.2, 0) is 11.3 Å². The zero-order valence-corrected chi connectivity index (χ0v) is 12.8. The van der Waals surface area contributed by atoms with E-state index in [0.29, 0.717) is 12.6 Å². The standard InChI is InChI=1S/C15H22BrNO/c1-3-11-6-4-8-14(11)17-15-9-5-7-13(16)12(15)10-18-2/h5,7,9,11,14,17H,3-4,6,8,10H2,1-2H3. The number of hydrogen-bond donors (Lipinski definition) is 1. The third-order valence-corrected chi connectivity index (χ3v) is 4.67. The number of nitrogens with one attached hydrogen (secondary N) is 1. The molecule has 2 atom stereocenters. The molecule has 3 heteroatoms. The van der Waals surface area contributed by atoms with Gasteiger partial charge in [-0.1, -0.05) is 41.8 Å². The fourth-order valence-corrected chi connectivity index (χ4v) is 3.38. The van der Waals surface area contributed by atoms with Crippen LogP contribution in [0.4, 0.5) is 5.69 Å². The monoisotopic (exact) mass is 311 g/mol. The van der Waals surface area contributed by atoms with Crippen molar-refractivity contribution in [2.45, 2.75) is 45.3 Å². The molecule has 1 fully saturated rings. The Morgan fingerprint density at radius 3 is 2.94 bits per heavy atom. The summed E-state index contributed by atoms with van der Waals surface area (Å²) in [6.07, 6.45) is 5.27. The molecule has 0 saturated heterocycles. The predicted molar refractivity (Wildman–Crippen MR) is 79.9 cm³/mol. The Hall–Kier alpha value is -0.540. The van der Waals surface area contributed by atoms with E-state index in [-0.39, 0.29) is 0 Å².